The predicted octanol–water partition coefficient (Wildman–Crippen LogP) is 2.09. The molecular formula is C12H17NO2S2. The first-order chi connectivity index (χ1) is 7.84. The minimum absolute atomic E-state index is 0.367. The molecule has 0 aromatic heterocycles. The lowest BCUT2D eigenvalue weighted by molar-refractivity contribution is 0.587. The average Bonchev–Trinajstić information content (AvgIpc) is 2.26. The normalized spacial score (nSPS) is 11.7. The molecule has 17 heavy (non-hydrogen) atoms. The number of hydrogen-bond donors (Lipinski definition) is 1. The van der Waals surface area contributed by atoms with Crippen molar-refractivity contribution in [2.45, 2.75) is 36.8 Å². The van der Waals surface area contributed by atoms with E-state index in [0.717, 1.165) is 12.0 Å². The van der Waals surface area contributed by atoms with E-state index in [4.69, 9.17) is 18.0 Å². The zero-order valence-electron chi connectivity index (χ0n) is 10.0. The molecular weight excluding hydrogens is 254 g/mol. The molecule has 0 unspecified atom stereocenters. The van der Waals surface area contributed by atoms with E-state index in [2.05, 4.69) is 0 Å². The standard InChI is InChI=1S/C12H17NO2S2/c1-9(2)17(14,15)11-6-3-10(4-7-11)5-8-12(13)16/h3-4,6-7,9H,5,8H2,1-2H3,(H2,13,16). The Kier molecular flexibility index (Phi) is 4.65. The van der Waals surface area contributed by atoms with E-state index in [1.165, 1.54) is 0 Å². The quantitative estimate of drug-likeness (QED) is 0.833. The van der Waals surface area contributed by atoms with Gasteiger partial charge in [-0.25, -0.2) is 8.42 Å². The summed E-state index contributed by atoms with van der Waals surface area (Å²) in [4.78, 5) is 0.843. The van der Waals surface area contributed by atoms with Gasteiger partial charge in [-0.1, -0.05) is 24.4 Å². The minimum atomic E-state index is -3.18. The number of thiocarbonyl (C=S) groups is 1. The van der Waals surface area contributed by atoms with Gasteiger partial charge in [-0.2, -0.15) is 0 Å². The highest BCUT2D eigenvalue weighted by Gasteiger charge is 2.18. The molecule has 0 aliphatic carbocycles. The Labute approximate surface area is 108 Å². The highest BCUT2D eigenvalue weighted by atomic mass is 32.2. The van der Waals surface area contributed by atoms with Crippen molar-refractivity contribution in [2.75, 3.05) is 0 Å². The second-order valence-electron chi connectivity index (χ2n) is 4.20. The second kappa shape index (κ2) is 5.60. The monoisotopic (exact) mass is 271 g/mol. The van der Waals surface area contributed by atoms with Crippen LogP contribution in [0.3, 0.4) is 0 Å². The van der Waals surface area contributed by atoms with Crippen molar-refractivity contribution >= 4 is 27.0 Å². The van der Waals surface area contributed by atoms with Gasteiger partial charge in [0.1, 0.15) is 0 Å². The van der Waals surface area contributed by atoms with Crippen LogP contribution in [0.1, 0.15) is 25.8 Å². The van der Waals surface area contributed by atoms with E-state index >= 15 is 0 Å². The summed E-state index contributed by atoms with van der Waals surface area (Å²) in [5.74, 6) is 0. The highest BCUT2D eigenvalue weighted by Crippen LogP contribution is 2.17. The Morgan fingerprint density at radius 2 is 1.82 bits per heavy atom. The van der Waals surface area contributed by atoms with Crippen molar-refractivity contribution < 1.29 is 8.42 Å². The first kappa shape index (κ1) is 14.1. The fourth-order valence-corrected chi connectivity index (χ4v) is 2.55. The van der Waals surface area contributed by atoms with E-state index in [1.807, 2.05) is 12.1 Å². The van der Waals surface area contributed by atoms with E-state index in [1.54, 1.807) is 26.0 Å². The topological polar surface area (TPSA) is 60.2 Å². The van der Waals surface area contributed by atoms with Gasteiger partial charge in [0.05, 0.1) is 15.1 Å². The van der Waals surface area contributed by atoms with Gasteiger partial charge in [0, 0.05) is 6.42 Å². The van der Waals surface area contributed by atoms with Crippen molar-refractivity contribution in [1.29, 1.82) is 0 Å². The summed E-state index contributed by atoms with van der Waals surface area (Å²) in [6, 6.07) is 6.91. The third kappa shape index (κ3) is 3.78. The number of sulfone groups is 1. The third-order valence-electron chi connectivity index (χ3n) is 2.53. The highest BCUT2D eigenvalue weighted by molar-refractivity contribution is 7.92. The van der Waals surface area contributed by atoms with Gasteiger partial charge in [-0.05, 0) is 38.0 Å². The molecule has 94 valence electrons. The van der Waals surface area contributed by atoms with Crippen LogP contribution < -0.4 is 5.73 Å². The maximum atomic E-state index is 11.9. The number of benzene rings is 1. The molecule has 0 saturated heterocycles. The lowest BCUT2D eigenvalue weighted by Crippen LogP contribution is -2.14. The lowest BCUT2D eigenvalue weighted by Gasteiger charge is -2.08. The Balaban J connectivity index is 2.85. The Morgan fingerprint density at radius 1 is 1.29 bits per heavy atom. The molecule has 0 aliphatic heterocycles. The van der Waals surface area contributed by atoms with Crippen LogP contribution in [0.4, 0.5) is 0 Å². The van der Waals surface area contributed by atoms with Crippen molar-refractivity contribution in [2.24, 2.45) is 5.73 Å². The number of nitrogens with two attached hydrogens (primary N) is 1. The molecule has 0 saturated carbocycles. The molecule has 1 rings (SSSR count). The zero-order chi connectivity index (χ0) is 13.1. The molecule has 3 nitrogen and oxygen atoms in total. The van der Waals surface area contributed by atoms with Crippen molar-refractivity contribution in [3.63, 3.8) is 0 Å². The fraction of sp³-hybridized carbons (Fsp3) is 0.417. The van der Waals surface area contributed by atoms with Crippen LogP contribution in [-0.4, -0.2) is 18.7 Å². The predicted molar refractivity (Wildman–Crippen MR) is 73.9 cm³/mol. The molecule has 0 bridgehead atoms. The smallest absolute Gasteiger partial charge is 0.180 e. The van der Waals surface area contributed by atoms with Gasteiger partial charge >= 0.3 is 0 Å². The maximum absolute atomic E-state index is 11.9. The molecule has 2 N–H and O–H groups in total. The Hall–Kier alpha value is -0.940. The summed E-state index contributed by atoms with van der Waals surface area (Å²) in [5, 5.41) is -0.398. The number of rotatable bonds is 5. The van der Waals surface area contributed by atoms with E-state index in [-0.39, 0.29) is 0 Å². The summed E-state index contributed by atoms with van der Waals surface area (Å²) >= 11 is 4.80. The van der Waals surface area contributed by atoms with Crippen molar-refractivity contribution in [3.05, 3.63) is 29.8 Å². The molecule has 0 aliphatic rings. The van der Waals surface area contributed by atoms with Gasteiger partial charge in [-0.3, -0.25) is 0 Å². The summed E-state index contributed by atoms with van der Waals surface area (Å²) in [7, 11) is -3.18. The molecule has 5 heteroatoms. The SMILES string of the molecule is CC(C)S(=O)(=O)c1ccc(CCC(N)=S)cc1. The van der Waals surface area contributed by atoms with E-state index in [0.29, 0.717) is 16.3 Å². The molecule has 1 aromatic carbocycles. The van der Waals surface area contributed by atoms with Crippen LogP contribution in [0.25, 0.3) is 0 Å². The van der Waals surface area contributed by atoms with E-state index in [9.17, 15) is 8.42 Å². The van der Waals surface area contributed by atoms with Gasteiger partial charge in [0.15, 0.2) is 9.84 Å². The Bertz CT molecular complexity index is 490. The maximum Gasteiger partial charge on any atom is 0.180 e. The summed E-state index contributed by atoms with van der Waals surface area (Å²) in [5.41, 5.74) is 6.46. The molecule has 1 aromatic rings. The summed E-state index contributed by atoms with van der Waals surface area (Å²) in [6.07, 6.45) is 1.39. The molecule has 0 spiro atoms. The summed E-state index contributed by atoms with van der Waals surface area (Å²) in [6.45, 7) is 3.35. The van der Waals surface area contributed by atoms with Gasteiger partial charge in [0.2, 0.25) is 0 Å². The summed E-state index contributed by atoms with van der Waals surface area (Å²) < 4.78 is 23.7. The van der Waals surface area contributed by atoms with Crippen LogP contribution >= 0.6 is 12.2 Å². The second-order valence-corrected chi connectivity index (χ2v) is 7.23. The van der Waals surface area contributed by atoms with Crippen LogP contribution in [-0.2, 0) is 16.3 Å². The average molecular weight is 271 g/mol. The minimum Gasteiger partial charge on any atom is -0.393 e. The number of hydrogen-bond acceptors (Lipinski definition) is 3. The largest absolute Gasteiger partial charge is 0.393 e. The first-order valence-electron chi connectivity index (χ1n) is 5.45. The van der Waals surface area contributed by atoms with Crippen molar-refractivity contribution in [3.8, 4) is 0 Å². The van der Waals surface area contributed by atoms with Crippen LogP contribution in [0.2, 0.25) is 0 Å². The van der Waals surface area contributed by atoms with Gasteiger partial charge in [-0.15, -0.1) is 0 Å². The van der Waals surface area contributed by atoms with Gasteiger partial charge < -0.3 is 5.73 Å². The molecule has 0 fully saturated rings. The Morgan fingerprint density at radius 3 is 2.24 bits per heavy atom. The van der Waals surface area contributed by atoms with Crippen molar-refractivity contribution in [1.82, 2.24) is 0 Å². The third-order valence-corrected chi connectivity index (χ3v) is 4.91. The zero-order valence-corrected chi connectivity index (χ0v) is 11.6. The first-order valence-corrected chi connectivity index (χ1v) is 7.40. The lowest BCUT2D eigenvalue weighted by atomic mass is 10.1. The molecule has 0 atom stereocenters. The molecule has 0 heterocycles. The van der Waals surface area contributed by atoms with Gasteiger partial charge in [0.25, 0.3) is 0 Å². The van der Waals surface area contributed by atoms with Crippen LogP contribution in [0, 0.1) is 0 Å². The van der Waals surface area contributed by atoms with E-state index < -0.39 is 15.1 Å². The molecule has 0 radical (unpaired) electrons. The molecule has 0 amide bonds. The fourth-order valence-electron chi connectivity index (χ4n) is 1.39. The van der Waals surface area contributed by atoms with Crippen LogP contribution in [0.5, 0.6) is 0 Å². The van der Waals surface area contributed by atoms with Crippen LogP contribution in [0.15, 0.2) is 29.2 Å². The number of aryl methyl sites for hydroxylation is 1.